The fourth-order valence-corrected chi connectivity index (χ4v) is 6.71. The molecule has 37 heavy (non-hydrogen) atoms. The van der Waals surface area contributed by atoms with E-state index in [0.29, 0.717) is 31.5 Å². The average molecular weight is 541 g/mol. The lowest BCUT2D eigenvalue weighted by atomic mass is 10.0. The van der Waals surface area contributed by atoms with E-state index in [2.05, 4.69) is 14.9 Å². The van der Waals surface area contributed by atoms with Crippen molar-refractivity contribution in [2.45, 2.75) is 29.6 Å². The molecule has 9 nitrogen and oxygen atoms in total. The molecule has 0 spiro atoms. The molecule has 1 aliphatic heterocycles. The Kier molecular flexibility index (Phi) is 8.72. The van der Waals surface area contributed by atoms with Crippen LogP contribution in [0.1, 0.15) is 33.6 Å². The van der Waals surface area contributed by atoms with Gasteiger partial charge in [0.15, 0.2) is 0 Å². The number of benzene rings is 2. The van der Waals surface area contributed by atoms with E-state index >= 15 is 0 Å². The highest BCUT2D eigenvalue weighted by molar-refractivity contribution is 7.91. The number of hydrogen-bond acceptors (Lipinski definition) is 7. The summed E-state index contributed by atoms with van der Waals surface area (Å²) < 4.78 is 29.0. The lowest BCUT2D eigenvalue weighted by Gasteiger charge is -2.34. The molecule has 11 heteroatoms. The van der Waals surface area contributed by atoms with E-state index in [9.17, 15) is 18.0 Å². The third-order valence-electron chi connectivity index (χ3n) is 5.98. The minimum atomic E-state index is -3.68. The van der Waals surface area contributed by atoms with Crippen LogP contribution in [0.4, 0.5) is 5.69 Å². The summed E-state index contributed by atoms with van der Waals surface area (Å²) in [7, 11) is -3.68. The summed E-state index contributed by atoms with van der Waals surface area (Å²) >= 11 is 1.14. The van der Waals surface area contributed by atoms with Crippen LogP contribution in [0.25, 0.3) is 6.08 Å². The largest absolute Gasteiger partial charge is 0.371 e. The Bertz CT molecular complexity index is 1360. The molecule has 1 saturated heterocycles. The molecule has 2 heterocycles. The average Bonchev–Trinajstić information content (AvgIpc) is 3.41. The van der Waals surface area contributed by atoms with Gasteiger partial charge in [0.1, 0.15) is 4.21 Å². The quantitative estimate of drug-likeness (QED) is 0.188. The molecule has 1 fully saturated rings. The Morgan fingerprint density at radius 1 is 1.00 bits per heavy atom. The van der Waals surface area contributed by atoms with Gasteiger partial charge in [0.05, 0.1) is 6.54 Å². The SMILES string of the molecule is O=C(C=Cc1ccccc1N1CCC(NS(=O)(=O)c2ccc(CNC(=O)c3ccccc3)s2)CC1)NO. The van der Waals surface area contributed by atoms with Gasteiger partial charge in [-0.15, -0.1) is 11.3 Å². The molecule has 4 N–H and O–H groups in total. The fourth-order valence-electron chi connectivity index (χ4n) is 4.09. The lowest BCUT2D eigenvalue weighted by Crippen LogP contribution is -2.44. The van der Waals surface area contributed by atoms with E-state index in [1.807, 2.05) is 30.3 Å². The van der Waals surface area contributed by atoms with Gasteiger partial charge >= 0.3 is 0 Å². The summed E-state index contributed by atoms with van der Waals surface area (Å²) in [6.45, 7) is 1.54. The predicted octanol–water partition coefficient (Wildman–Crippen LogP) is 3.14. The van der Waals surface area contributed by atoms with Crippen LogP contribution in [0.3, 0.4) is 0 Å². The lowest BCUT2D eigenvalue weighted by molar-refractivity contribution is -0.124. The van der Waals surface area contributed by atoms with Gasteiger partial charge in [0, 0.05) is 41.3 Å². The highest BCUT2D eigenvalue weighted by Crippen LogP contribution is 2.27. The molecule has 0 saturated carbocycles. The molecule has 2 amide bonds. The summed E-state index contributed by atoms with van der Waals surface area (Å²) in [4.78, 5) is 26.5. The number of rotatable bonds is 9. The first-order chi connectivity index (χ1) is 17.9. The zero-order valence-electron chi connectivity index (χ0n) is 20.0. The molecule has 0 unspecified atom stereocenters. The van der Waals surface area contributed by atoms with Crippen molar-refractivity contribution in [3.63, 3.8) is 0 Å². The van der Waals surface area contributed by atoms with Crippen LogP contribution in [0.15, 0.2) is 77.0 Å². The van der Waals surface area contributed by atoms with Gasteiger partial charge in [-0.1, -0.05) is 36.4 Å². The number of nitrogens with one attached hydrogen (secondary N) is 3. The number of sulfonamides is 1. The van der Waals surface area contributed by atoms with Crippen molar-refractivity contribution in [3.05, 3.63) is 88.8 Å². The van der Waals surface area contributed by atoms with Gasteiger partial charge in [-0.25, -0.2) is 18.6 Å². The highest BCUT2D eigenvalue weighted by atomic mass is 32.2. The van der Waals surface area contributed by atoms with Crippen LogP contribution in [0.2, 0.25) is 0 Å². The first-order valence-corrected chi connectivity index (χ1v) is 14.1. The van der Waals surface area contributed by atoms with Gasteiger partial charge in [-0.3, -0.25) is 14.8 Å². The van der Waals surface area contributed by atoms with E-state index in [4.69, 9.17) is 5.21 Å². The number of amides is 2. The zero-order chi connectivity index (χ0) is 26.3. The number of anilines is 1. The van der Waals surface area contributed by atoms with Crippen LogP contribution < -0.4 is 20.4 Å². The molecule has 2 aromatic carbocycles. The van der Waals surface area contributed by atoms with Crippen molar-refractivity contribution in [3.8, 4) is 0 Å². The molecule has 4 rings (SSSR count). The molecule has 0 aliphatic carbocycles. The normalized spacial score (nSPS) is 14.6. The predicted molar refractivity (Wildman–Crippen MR) is 143 cm³/mol. The van der Waals surface area contributed by atoms with E-state index in [0.717, 1.165) is 27.5 Å². The van der Waals surface area contributed by atoms with Gasteiger partial charge in [-0.05, 0) is 54.8 Å². The summed E-state index contributed by atoms with van der Waals surface area (Å²) in [5.74, 6) is -0.824. The second kappa shape index (κ2) is 12.2. The number of carbonyl (C=O) groups is 2. The first kappa shape index (κ1) is 26.6. The number of hydroxylamine groups is 1. The first-order valence-electron chi connectivity index (χ1n) is 11.8. The van der Waals surface area contributed by atoms with Crippen molar-refractivity contribution < 1.29 is 23.2 Å². The molecule has 1 aromatic heterocycles. The second-order valence-corrected chi connectivity index (χ2v) is 11.6. The highest BCUT2D eigenvalue weighted by Gasteiger charge is 2.26. The summed E-state index contributed by atoms with van der Waals surface area (Å²) in [6, 6.07) is 19.5. The van der Waals surface area contributed by atoms with E-state index in [-0.39, 0.29) is 22.7 Å². The molecule has 0 radical (unpaired) electrons. The van der Waals surface area contributed by atoms with Gasteiger partial charge in [0.2, 0.25) is 10.0 Å². The monoisotopic (exact) mass is 540 g/mol. The second-order valence-electron chi connectivity index (χ2n) is 8.52. The molecule has 0 bridgehead atoms. The molecule has 1 aliphatic rings. The van der Waals surface area contributed by atoms with Gasteiger partial charge in [-0.2, -0.15) is 0 Å². The molecule has 194 valence electrons. The standard InChI is InChI=1S/C26H28N4O5S2/c31-24(28-33)12-10-19-6-4-5-9-23(19)30-16-14-21(15-17-30)29-37(34,35)25-13-11-22(36-25)18-27-26(32)20-7-2-1-3-8-20/h1-13,21,29,33H,14-18H2,(H,27,32)(H,28,31). The zero-order valence-corrected chi connectivity index (χ0v) is 21.6. The van der Waals surface area contributed by atoms with Gasteiger partial charge in [0.25, 0.3) is 11.8 Å². The van der Waals surface area contributed by atoms with Gasteiger partial charge < -0.3 is 10.2 Å². The number of nitrogens with zero attached hydrogens (tertiary/aromatic N) is 1. The number of para-hydroxylation sites is 1. The number of carbonyl (C=O) groups excluding carboxylic acids is 2. The number of piperidine rings is 1. The van der Waals surface area contributed by atoms with E-state index in [1.165, 1.54) is 6.08 Å². The van der Waals surface area contributed by atoms with Crippen molar-refractivity contribution in [1.29, 1.82) is 0 Å². The van der Waals surface area contributed by atoms with Crippen LogP contribution in [-0.4, -0.2) is 44.6 Å². The van der Waals surface area contributed by atoms with Crippen LogP contribution in [0.5, 0.6) is 0 Å². The fraction of sp³-hybridized carbons (Fsp3) is 0.231. The minimum Gasteiger partial charge on any atom is -0.371 e. The van der Waals surface area contributed by atoms with Crippen molar-refractivity contribution in [2.24, 2.45) is 0 Å². The third-order valence-corrected chi connectivity index (χ3v) is 9.08. The molecule has 3 aromatic rings. The number of thiophene rings is 1. The Morgan fingerprint density at radius 2 is 1.70 bits per heavy atom. The number of hydrogen-bond donors (Lipinski definition) is 4. The third kappa shape index (κ3) is 7.04. The maximum atomic E-state index is 13.0. The molecular formula is C26H28N4O5S2. The van der Waals surface area contributed by atoms with Crippen molar-refractivity contribution >= 4 is 44.9 Å². The topological polar surface area (TPSA) is 128 Å². The molecular weight excluding hydrogens is 512 g/mol. The van der Waals surface area contributed by atoms with Crippen LogP contribution in [0, 0.1) is 0 Å². The molecule has 0 atom stereocenters. The Hall–Kier alpha value is -3.51. The maximum Gasteiger partial charge on any atom is 0.267 e. The summed E-state index contributed by atoms with van der Waals surface area (Å²) in [5.41, 5.74) is 3.89. The Labute approximate surface area is 219 Å². The summed E-state index contributed by atoms with van der Waals surface area (Å²) in [6.07, 6.45) is 4.13. The van der Waals surface area contributed by atoms with Crippen LogP contribution in [-0.2, 0) is 21.4 Å². The van der Waals surface area contributed by atoms with E-state index in [1.54, 1.807) is 48.0 Å². The van der Waals surface area contributed by atoms with Crippen molar-refractivity contribution in [1.82, 2.24) is 15.5 Å². The Morgan fingerprint density at radius 3 is 2.43 bits per heavy atom. The Balaban J connectivity index is 1.32. The van der Waals surface area contributed by atoms with E-state index < -0.39 is 15.9 Å². The van der Waals surface area contributed by atoms with Crippen LogP contribution >= 0.6 is 11.3 Å². The smallest absolute Gasteiger partial charge is 0.267 e. The maximum absolute atomic E-state index is 13.0. The summed E-state index contributed by atoms with van der Waals surface area (Å²) in [5, 5.41) is 11.5. The minimum absolute atomic E-state index is 0.201. The van der Waals surface area contributed by atoms with Crippen molar-refractivity contribution in [2.75, 3.05) is 18.0 Å².